The van der Waals surface area contributed by atoms with Gasteiger partial charge in [-0.25, -0.2) is 0 Å². The van der Waals surface area contributed by atoms with E-state index in [-0.39, 0.29) is 23.8 Å². The third-order valence-corrected chi connectivity index (χ3v) is 5.88. The summed E-state index contributed by atoms with van der Waals surface area (Å²) in [7, 11) is 3.84. The zero-order chi connectivity index (χ0) is 23.3. The van der Waals surface area contributed by atoms with Gasteiger partial charge in [0.1, 0.15) is 11.4 Å². The Morgan fingerprint density at radius 3 is 2.81 bits per heavy atom. The first-order valence-corrected chi connectivity index (χ1v) is 11.1. The fourth-order valence-electron chi connectivity index (χ4n) is 4.08. The number of carbonyl (C=O) groups is 2. The van der Waals surface area contributed by atoms with Crippen molar-refractivity contribution in [2.75, 3.05) is 40.3 Å². The number of hydrogen-bond acceptors (Lipinski definition) is 5. The summed E-state index contributed by atoms with van der Waals surface area (Å²) in [5.74, 6) is 0.363. The SMILES string of the molecule is Cc1cccc(OCC(=O)N(C)CC(C)(C)CNC(=O)c2cc(C3CCCN3C)[nH]n2)c1. The van der Waals surface area contributed by atoms with E-state index < -0.39 is 0 Å². The number of likely N-dealkylation sites (tertiary alicyclic amines) is 1. The molecule has 32 heavy (non-hydrogen) atoms. The van der Waals surface area contributed by atoms with E-state index in [0.717, 1.165) is 30.6 Å². The number of hydrogen-bond donors (Lipinski definition) is 2. The summed E-state index contributed by atoms with van der Waals surface area (Å²) in [5.41, 5.74) is 2.15. The van der Waals surface area contributed by atoms with Crippen molar-refractivity contribution in [2.45, 2.75) is 39.7 Å². The second kappa shape index (κ2) is 10.2. The monoisotopic (exact) mass is 441 g/mol. The van der Waals surface area contributed by atoms with Crippen molar-refractivity contribution in [3.63, 3.8) is 0 Å². The third-order valence-electron chi connectivity index (χ3n) is 5.88. The van der Waals surface area contributed by atoms with Crippen molar-refractivity contribution < 1.29 is 14.3 Å². The molecule has 1 aliphatic heterocycles. The predicted molar refractivity (Wildman–Crippen MR) is 124 cm³/mol. The first-order valence-electron chi connectivity index (χ1n) is 11.1. The van der Waals surface area contributed by atoms with Crippen LogP contribution in [0.1, 0.15) is 54.5 Å². The molecular weight excluding hydrogens is 406 g/mol. The number of nitrogens with one attached hydrogen (secondary N) is 2. The Balaban J connectivity index is 1.46. The van der Waals surface area contributed by atoms with Gasteiger partial charge in [0, 0.05) is 20.1 Å². The minimum absolute atomic E-state index is 0.0198. The summed E-state index contributed by atoms with van der Waals surface area (Å²) in [6, 6.07) is 9.76. The highest BCUT2D eigenvalue weighted by atomic mass is 16.5. The zero-order valence-electron chi connectivity index (χ0n) is 19.8. The summed E-state index contributed by atoms with van der Waals surface area (Å²) in [5, 5.41) is 10.2. The van der Waals surface area contributed by atoms with Crippen LogP contribution in [0.25, 0.3) is 0 Å². The van der Waals surface area contributed by atoms with Gasteiger partial charge in [0.15, 0.2) is 6.61 Å². The summed E-state index contributed by atoms with van der Waals surface area (Å²) >= 11 is 0. The summed E-state index contributed by atoms with van der Waals surface area (Å²) < 4.78 is 5.62. The molecule has 1 saturated heterocycles. The zero-order valence-corrected chi connectivity index (χ0v) is 19.8. The van der Waals surface area contributed by atoms with Gasteiger partial charge in [-0.1, -0.05) is 26.0 Å². The lowest BCUT2D eigenvalue weighted by Crippen LogP contribution is -2.44. The highest BCUT2D eigenvalue weighted by molar-refractivity contribution is 5.92. The smallest absolute Gasteiger partial charge is 0.271 e. The van der Waals surface area contributed by atoms with Crippen LogP contribution in [0.5, 0.6) is 5.75 Å². The maximum Gasteiger partial charge on any atom is 0.271 e. The first-order chi connectivity index (χ1) is 15.1. The summed E-state index contributed by atoms with van der Waals surface area (Å²) in [4.78, 5) is 29.0. The van der Waals surface area contributed by atoms with Gasteiger partial charge in [-0.15, -0.1) is 0 Å². The summed E-state index contributed by atoms with van der Waals surface area (Å²) in [6.45, 7) is 7.96. The van der Waals surface area contributed by atoms with E-state index >= 15 is 0 Å². The Labute approximate surface area is 190 Å². The van der Waals surface area contributed by atoms with E-state index in [0.29, 0.717) is 30.6 Å². The topological polar surface area (TPSA) is 90.6 Å². The minimum atomic E-state index is -0.311. The fraction of sp³-hybridized carbons (Fsp3) is 0.542. The maximum atomic E-state index is 12.6. The van der Waals surface area contributed by atoms with E-state index in [1.807, 2.05) is 51.1 Å². The van der Waals surface area contributed by atoms with E-state index in [1.54, 1.807) is 11.9 Å². The molecular formula is C24H35N5O3. The van der Waals surface area contributed by atoms with Gasteiger partial charge in [-0.3, -0.25) is 19.6 Å². The van der Waals surface area contributed by atoms with Crippen LogP contribution >= 0.6 is 0 Å². The molecule has 174 valence electrons. The highest BCUT2D eigenvalue weighted by Gasteiger charge is 2.27. The van der Waals surface area contributed by atoms with Crippen LogP contribution in [0.2, 0.25) is 0 Å². The highest BCUT2D eigenvalue weighted by Crippen LogP contribution is 2.29. The molecule has 0 spiro atoms. The molecule has 8 heteroatoms. The molecule has 1 aliphatic rings. The number of aromatic nitrogens is 2. The molecule has 1 atom stereocenters. The van der Waals surface area contributed by atoms with Crippen LogP contribution in [0.4, 0.5) is 0 Å². The Morgan fingerprint density at radius 1 is 1.34 bits per heavy atom. The number of nitrogens with zero attached hydrogens (tertiary/aromatic N) is 3. The lowest BCUT2D eigenvalue weighted by Gasteiger charge is -2.30. The third kappa shape index (κ3) is 6.32. The van der Waals surface area contributed by atoms with Crippen LogP contribution in [-0.2, 0) is 4.79 Å². The molecule has 3 rings (SSSR count). The standard InChI is InChI=1S/C24H35N5O3/c1-17-8-6-9-18(12-17)32-14-22(30)29(5)16-24(2,3)15-25-23(31)20-13-19(26-27-20)21-10-7-11-28(21)4/h6,8-9,12-13,21H,7,10-11,14-16H2,1-5H3,(H,25,31)(H,26,27). The lowest BCUT2D eigenvalue weighted by atomic mass is 9.92. The molecule has 0 saturated carbocycles. The van der Waals surface area contributed by atoms with Crippen LogP contribution in [0.15, 0.2) is 30.3 Å². The molecule has 8 nitrogen and oxygen atoms in total. The number of aryl methyl sites for hydroxylation is 1. The molecule has 0 bridgehead atoms. The number of ether oxygens (including phenoxy) is 1. The molecule has 2 N–H and O–H groups in total. The lowest BCUT2D eigenvalue weighted by molar-refractivity contribution is -0.133. The van der Waals surface area contributed by atoms with E-state index in [4.69, 9.17) is 4.74 Å². The number of likely N-dealkylation sites (N-methyl/N-ethyl adjacent to an activating group) is 1. The number of carbonyl (C=O) groups excluding carboxylic acids is 2. The number of amides is 2. The van der Waals surface area contributed by atoms with Gasteiger partial charge >= 0.3 is 0 Å². The van der Waals surface area contributed by atoms with Crippen molar-refractivity contribution in [2.24, 2.45) is 5.41 Å². The molecule has 1 unspecified atom stereocenters. The van der Waals surface area contributed by atoms with E-state index in [9.17, 15) is 9.59 Å². The second-order valence-corrected chi connectivity index (χ2v) is 9.55. The Bertz CT molecular complexity index is 939. The van der Waals surface area contributed by atoms with Gasteiger partial charge < -0.3 is 15.0 Å². The van der Waals surface area contributed by atoms with Gasteiger partial charge in [0.25, 0.3) is 11.8 Å². The van der Waals surface area contributed by atoms with Gasteiger partial charge in [-0.05, 0) is 62.5 Å². The number of benzene rings is 1. The van der Waals surface area contributed by atoms with Gasteiger partial charge in [-0.2, -0.15) is 5.10 Å². The first kappa shape index (κ1) is 23.8. The van der Waals surface area contributed by atoms with E-state index in [2.05, 4.69) is 27.5 Å². The Kier molecular flexibility index (Phi) is 7.56. The Morgan fingerprint density at radius 2 is 2.12 bits per heavy atom. The number of H-pyrrole nitrogens is 1. The summed E-state index contributed by atoms with van der Waals surface area (Å²) in [6.07, 6.45) is 2.22. The number of aromatic amines is 1. The molecule has 1 aromatic heterocycles. The fourth-order valence-corrected chi connectivity index (χ4v) is 4.08. The molecule has 0 radical (unpaired) electrons. The van der Waals surface area contributed by atoms with Gasteiger partial charge in [0.05, 0.1) is 11.7 Å². The van der Waals surface area contributed by atoms with Crippen LogP contribution in [-0.4, -0.2) is 72.1 Å². The van der Waals surface area contributed by atoms with E-state index in [1.165, 1.54) is 0 Å². The van der Waals surface area contributed by atoms with Crippen molar-refractivity contribution >= 4 is 11.8 Å². The second-order valence-electron chi connectivity index (χ2n) is 9.55. The molecule has 0 aliphatic carbocycles. The normalized spacial score (nSPS) is 16.7. The van der Waals surface area contributed by atoms with Crippen LogP contribution in [0.3, 0.4) is 0 Å². The minimum Gasteiger partial charge on any atom is -0.484 e. The maximum absolute atomic E-state index is 12.6. The van der Waals surface area contributed by atoms with Crippen molar-refractivity contribution in [3.8, 4) is 5.75 Å². The average Bonchev–Trinajstić information content (AvgIpc) is 3.39. The number of rotatable bonds is 9. The quantitative estimate of drug-likeness (QED) is 0.625. The van der Waals surface area contributed by atoms with Gasteiger partial charge in [0.2, 0.25) is 0 Å². The predicted octanol–water partition coefficient (Wildman–Crippen LogP) is 2.78. The molecule has 1 aromatic carbocycles. The van der Waals surface area contributed by atoms with Crippen LogP contribution in [0, 0.1) is 12.3 Å². The molecule has 1 fully saturated rings. The van der Waals surface area contributed by atoms with Crippen LogP contribution < -0.4 is 10.1 Å². The molecule has 2 amide bonds. The molecule has 2 aromatic rings. The van der Waals surface area contributed by atoms with Crippen molar-refractivity contribution in [1.82, 2.24) is 25.3 Å². The van der Waals surface area contributed by atoms with Crippen molar-refractivity contribution in [1.29, 1.82) is 0 Å². The van der Waals surface area contributed by atoms with Crippen molar-refractivity contribution in [3.05, 3.63) is 47.3 Å². The average molecular weight is 442 g/mol. The molecule has 2 heterocycles. The largest absolute Gasteiger partial charge is 0.484 e. The Hall–Kier alpha value is -2.87.